The third-order valence-electron chi connectivity index (χ3n) is 5.35. The Balaban J connectivity index is 1.36. The minimum atomic E-state index is -0.441. The van der Waals surface area contributed by atoms with Crippen LogP contribution in [0.15, 0.2) is 54.6 Å². The van der Waals surface area contributed by atoms with Crippen LogP contribution in [0.4, 0.5) is 4.39 Å². The molecule has 0 atom stereocenters. The fourth-order valence-electron chi connectivity index (χ4n) is 3.75. The Labute approximate surface area is 157 Å². The highest BCUT2D eigenvalue weighted by atomic mass is 19.1. The number of aryl methyl sites for hydroxylation is 1. The standard InChI is InChI=1S/C23H30FNO/c24-14-18-26-23-8-4-7-22(19-23)13-17-25-15-11-21(12-16-25)10-9-20-5-2-1-3-6-20/h1-8,19,21H,9-18H2. The fourth-order valence-corrected chi connectivity index (χ4v) is 3.75. The summed E-state index contributed by atoms with van der Waals surface area (Å²) in [6, 6.07) is 18.9. The molecular formula is C23H30FNO. The van der Waals surface area contributed by atoms with Gasteiger partial charge in [0.1, 0.15) is 19.0 Å². The number of piperidine rings is 1. The molecule has 0 saturated carbocycles. The molecule has 140 valence electrons. The van der Waals surface area contributed by atoms with Gasteiger partial charge in [-0.3, -0.25) is 0 Å². The van der Waals surface area contributed by atoms with Crippen LogP contribution in [0.2, 0.25) is 0 Å². The number of alkyl halides is 1. The maximum atomic E-state index is 12.2. The van der Waals surface area contributed by atoms with E-state index in [4.69, 9.17) is 4.74 Å². The summed E-state index contributed by atoms with van der Waals surface area (Å²) in [5.74, 6) is 1.64. The van der Waals surface area contributed by atoms with E-state index in [-0.39, 0.29) is 6.61 Å². The van der Waals surface area contributed by atoms with Gasteiger partial charge in [0.05, 0.1) is 0 Å². The summed E-state index contributed by atoms with van der Waals surface area (Å²) >= 11 is 0. The highest BCUT2D eigenvalue weighted by Crippen LogP contribution is 2.23. The van der Waals surface area contributed by atoms with Crippen molar-refractivity contribution < 1.29 is 9.13 Å². The van der Waals surface area contributed by atoms with Crippen molar-refractivity contribution in [3.8, 4) is 5.75 Å². The van der Waals surface area contributed by atoms with Gasteiger partial charge in [0.2, 0.25) is 0 Å². The van der Waals surface area contributed by atoms with Gasteiger partial charge in [-0.25, -0.2) is 4.39 Å². The van der Waals surface area contributed by atoms with Gasteiger partial charge in [0.15, 0.2) is 0 Å². The van der Waals surface area contributed by atoms with Crippen molar-refractivity contribution in [2.75, 3.05) is 32.9 Å². The van der Waals surface area contributed by atoms with Crippen molar-refractivity contribution in [2.45, 2.75) is 32.1 Å². The van der Waals surface area contributed by atoms with Crippen LogP contribution < -0.4 is 4.74 Å². The SMILES string of the molecule is FCCOc1cccc(CCN2CCC(CCc3ccccc3)CC2)c1. The highest BCUT2D eigenvalue weighted by Gasteiger charge is 2.18. The summed E-state index contributed by atoms with van der Waals surface area (Å²) < 4.78 is 17.6. The first-order chi connectivity index (χ1) is 12.8. The Morgan fingerprint density at radius 2 is 1.69 bits per heavy atom. The van der Waals surface area contributed by atoms with Crippen LogP contribution in [-0.2, 0) is 12.8 Å². The van der Waals surface area contributed by atoms with Gasteiger partial charge in [0, 0.05) is 6.54 Å². The number of nitrogens with zero attached hydrogens (tertiary/aromatic N) is 1. The van der Waals surface area contributed by atoms with E-state index in [1.807, 2.05) is 18.2 Å². The van der Waals surface area contributed by atoms with E-state index in [9.17, 15) is 4.39 Å². The van der Waals surface area contributed by atoms with Crippen molar-refractivity contribution in [1.29, 1.82) is 0 Å². The Morgan fingerprint density at radius 3 is 2.46 bits per heavy atom. The molecule has 0 N–H and O–H groups in total. The van der Waals surface area contributed by atoms with E-state index in [1.165, 1.54) is 49.9 Å². The lowest BCUT2D eigenvalue weighted by Gasteiger charge is -2.32. The summed E-state index contributed by atoms with van der Waals surface area (Å²) in [5, 5.41) is 0. The van der Waals surface area contributed by atoms with Crippen molar-refractivity contribution in [1.82, 2.24) is 4.90 Å². The molecule has 0 aromatic heterocycles. The Morgan fingerprint density at radius 1 is 0.923 bits per heavy atom. The molecule has 3 heteroatoms. The van der Waals surface area contributed by atoms with Crippen molar-refractivity contribution in [3.05, 3.63) is 65.7 Å². The summed E-state index contributed by atoms with van der Waals surface area (Å²) in [7, 11) is 0. The molecule has 3 rings (SSSR count). The average Bonchev–Trinajstić information content (AvgIpc) is 2.71. The lowest BCUT2D eigenvalue weighted by Crippen LogP contribution is -2.35. The molecule has 0 amide bonds. The second-order valence-electron chi connectivity index (χ2n) is 7.24. The number of hydrogen-bond acceptors (Lipinski definition) is 2. The van der Waals surface area contributed by atoms with E-state index >= 15 is 0 Å². The first kappa shape index (κ1) is 18.9. The molecule has 0 aliphatic carbocycles. The number of halogens is 1. The zero-order chi connectivity index (χ0) is 18.0. The van der Waals surface area contributed by atoms with Crippen LogP contribution in [0.3, 0.4) is 0 Å². The van der Waals surface area contributed by atoms with E-state index in [1.54, 1.807) is 0 Å². The van der Waals surface area contributed by atoms with Gasteiger partial charge in [0.25, 0.3) is 0 Å². The predicted octanol–water partition coefficient (Wildman–Crippen LogP) is 4.92. The zero-order valence-electron chi connectivity index (χ0n) is 15.6. The molecule has 1 aliphatic rings. The average molecular weight is 355 g/mol. The Kier molecular flexibility index (Phi) is 7.51. The van der Waals surface area contributed by atoms with Crippen molar-refractivity contribution in [2.24, 2.45) is 5.92 Å². The molecule has 1 heterocycles. The number of rotatable bonds is 9. The molecular weight excluding hydrogens is 325 g/mol. The second kappa shape index (κ2) is 10.3. The number of hydrogen-bond donors (Lipinski definition) is 0. The summed E-state index contributed by atoms with van der Waals surface area (Å²) in [6.45, 7) is 3.20. The quantitative estimate of drug-likeness (QED) is 0.633. The van der Waals surface area contributed by atoms with Gasteiger partial charge in [-0.05, 0) is 74.4 Å². The number of ether oxygens (including phenoxy) is 1. The molecule has 0 bridgehead atoms. The smallest absolute Gasteiger partial charge is 0.123 e. The topological polar surface area (TPSA) is 12.5 Å². The second-order valence-corrected chi connectivity index (χ2v) is 7.24. The summed E-state index contributed by atoms with van der Waals surface area (Å²) in [4.78, 5) is 2.58. The van der Waals surface area contributed by atoms with E-state index in [2.05, 4.69) is 41.3 Å². The van der Waals surface area contributed by atoms with Gasteiger partial charge >= 0.3 is 0 Å². The maximum Gasteiger partial charge on any atom is 0.123 e. The molecule has 1 fully saturated rings. The molecule has 1 aliphatic heterocycles. The molecule has 2 nitrogen and oxygen atoms in total. The van der Waals surface area contributed by atoms with Gasteiger partial charge in [-0.15, -0.1) is 0 Å². The first-order valence-corrected chi connectivity index (χ1v) is 9.87. The molecule has 1 saturated heterocycles. The van der Waals surface area contributed by atoms with Gasteiger partial charge < -0.3 is 9.64 Å². The fraction of sp³-hybridized carbons (Fsp3) is 0.478. The van der Waals surface area contributed by atoms with Crippen molar-refractivity contribution in [3.63, 3.8) is 0 Å². The number of likely N-dealkylation sites (tertiary alicyclic amines) is 1. The molecule has 26 heavy (non-hydrogen) atoms. The number of benzene rings is 2. The third kappa shape index (κ3) is 6.14. The summed E-state index contributed by atoms with van der Waals surface area (Å²) in [5.41, 5.74) is 2.73. The van der Waals surface area contributed by atoms with Crippen molar-refractivity contribution >= 4 is 0 Å². The van der Waals surface area contributed by atoms with E-state index in [0.717, 1.165) is 24.6 Å². The molecule has 2 aromatic carbocycles. The largest absolute Gasteiger partial charge is 0.491 e. The molecule has 2 aromatic rings. The first-order valence-electron chi connectivity index (χ1n) is 9.87. The Hall–Kier alpha value is -1.87. The molecule has 0 radical (unpaired) electrons. The van der Waals surface area contributed by atoms with Crippen LogP contribution in [0.5, 0.6) is 5.75 Å². The van der Waals surface area contributed by atoms with Gasteiger partial charge in [-0.1, -0.05) is 42.5 Å². The third-order valence-corrected chi connectivity index (χ3v) is 5.35. The lowest BCUT2D eigenvalue weighted by atomic mass is 9.90. The predicted molar refractivity (Wildman–Crippen MR) is 106 cm³/mol. The highest BCUT2D eigenvalue weighted by molar-refractivity contribution is 5.28. The van der Waals surface area contributed by atoms with E-state index in [0.29, 0.717) is 0 Å². The van der Waals surface area contributed by atoms with Crippen LogP contribution >= 0.6 is 0 Å². The molecule has 0 spiro atoms. The minimum Gasteiger partial charge on any atom is -0.491 e. The van der Waals surface area contributed by atoms with Gasteiger partial charge in [-0.2, -0.15) is 0 Å². The maximum absolute atomic E-state index is 12.2. The Bertz CT molecular complexity index is 638. The molecule has 0 unspecified atom stereocenters. The lowest BCUT2D eigenvalue weighted by molar-refractivity contribution is 0.181. The monoisotopic (exact) mass is 355 g/mol. The van der Waals surface area contributed by atoms with Crippen LogP contribution in [-0.4, -0.2) is 37.8 Å². The van der Waals surface area contributed by atoms with Crippen LogP contribution in [0.25, 0.3) is 0 Å². The van der Waals surface area contributed by atoms with Crippen LogP contribution in [0, 0.1) is 5.92 Å². The van der Waals surface area contributed by atoms with Crippen LogP contribution in [0.1, 0.15) is 30.4 Å². The van der Waals surface area contributed by atoms with E-state index < -0.39 is 6.67 Å². The minimum absolute atomic E-state index is 0.139. The normalized spacial score (nSPS) is 15.9. The zero-order valence-corrected chi connectivity index (χ0v) is 15.6. The summed E-state index contributed by atoms with van der Waals surface area (Å²) in [6.07, 6.45) is 6.17.